The minimum absolute atomic E-state index is 0.0356. The molecule has 0 spiro atoms. The van der Waals surface area contributed by atoms with Gasteiger partial charge in [0, 0.05) is 19.6 Å². The van der Waals surface area contributed by atoms with Crippen molar-refractivity contribution in [2.24, 2.45) is 5.92 Å². The number of urea groups is 1. The number of ether oxygens (including phenoxy) is 1. The SMILES string of the molecule is CC(C)(C)OC(=O)N1CC[C@@H](C(=O)NNC(=O)C2CCC3CN2C(=O)N3OS(=O)(=O)O)C1. The number of fused-ring (bicyclic) bond motifs is 2. The number of piperidine rings is 1. The van der Waals surface area contributed by atoms with Crippen LogP contribution < -0.4 is 10.9 Å². The lowest BCUT2D eigenvalue weighted by atomic mass is 10.0. The second kappa shape index (κ2) is 8.71. The van der Waals surface area contributed by atoms with Crippen LogP contribution in [0.4, 0.5) is 9.59 Å². The van der Waals surface area contributed by atoms with Gasteiger partial charge in [-0.05, 0) is 40.0 Å². The molecule has 32 heavy (non-hydrogen) atoms. The Labute approximate surface area is 185 Å². The van der Waals surface area contributed by atoms with Crippen molar-refractivity contribution in [2.45, 2.75) is 57.7 Å². The summed E-state index contributed by atoms with van der Waals surface area (Å²) in [7, 11) is -4.88. The van der Waals surface area contributed by atoms with Crippen LogP contribution in [0, 0.1) is 5.92 Å². The van der Waals surface area contributed by atoms with Gasteiger partial charge in [-0.1, -0.05) is 0 Å². The zero-order valence-corrected chi connectivity index (χ0v) is 18.8. The van der Waals surface area contributed by atoms with Crippen LogP contribution in [0.15, 0.2) is 0 Å². The summed E-state index contributed by atoms with van der Waals surface area (Å²) in [6.07, 6.45) is 0.354. The molecule has 0 aliphatic carbocycles. The van der Waals surface area contributed by atoms with Crippen molar-refractivity contribution in [1.82, 2.24) is 25.7 Å². The molecule has 15 heteroatoms. The van der Waals surface area contributed by atoms with E-state index < -0.39 is 57.9 Å². The van der Waals surface area contributed by atoms with Gasteiger partial charge in [-0.25, -0.2) is 9.59 Å². The van der Waals surface area contributed by atoms with Crippen LogP contribution in [0.5, 0.6) is 0 Å². The van der Waals surface area contributed by atoms with E-state index in [4.69, 9.17) is 9.29 Å². The Balaban J connectivity index is 1.49. The predicted molar refractivity (Wildman–Crippen MR) is 106 cm³/mol. The maximum Gasteiger partial charge on any atom is 0.418 e. The first-order valence-electron chi connectivity index (χ1n) is 10.1. The van der Waals surface area contributed by atoms with Gasteiger partial charge in [0.1, 0.15) is 11.6 Å². The lowest BCUT2D eigenvalue weighted by molar-refractivity contribution is -0.133. The summed E-state index contributed by atoms with van der Waals surface area (Å²) in [6, 6.07) is -2.45. The molecule has 3 fully saturated rings. The molecule has 0 aromatic heterocycles. The van der Waals surface area contributed by atoms with E-state index in [1.165, 1.54) is 4.90 Å². The molecule has 3 atom stereocenters. The predicted octanol–water partition coefficient (Wildman–Crippen LogP) is -0.606. The van der Waals surface area contributed by atoms with Gasteiger partial charge in [0.05, 0.1) is 12.0 Å². The molecular weight excluding hydrogens is 450 g/mol. The van der Waals surface area contributed by atoms with Crippen LogP contribution in [0.1, 0.15) is 40.0 Å². The highest BCUT2D eigenvalue weighted by Gasteiger charge is 2.49. The van der Waals surface area contributed by atoms with E-state index in [-0.39, 0.29) is 25.9 Å². The number of carbonyl (C=O) groups excluding carboxylic acids is 4. The van der Waals surface area contributed by atoms with Crippen molar-refractivity contribution in [3.8, 4) is 0 Å². The monoisotopic (exact) mass is 477 g/mol. The molecule has 3 rings (SSSR count). The standard InChI is InChI=1S/C17H27N5O9S/c1-17(2,3)30-16(26)20-7-6-10(8-20)13(23)18-19-14(24)12-5-4-11-9-21(12)15(25)22(11)31-32(27,28)29/h10-12H,4-9H2,1-3H3,(H,18,23)(H,19,24)(H,27,28,29)/t10-,11?,12?/m1/s1. The largest absolute Gasteiger partial charge is 0.444 e. The Hall–Kier alpha value is -2.65. The van der Waals surface area contributed by atoms with Gasteiger partial charge in [0.2, 0.25) is 5.91 Å². The average Bonchev–Trinajstić information content (AvgIpc) is 3.24. The van der Waals surface area contributed by atoms with Crippen molar-refractivity contribution in [3.63, 3.8) is 0 Å². The summed E-state index contributed by atoms with van der Waals surface area (Å²) in [4.78, 5) is 52.0. The van der Waals surface area contributed by atoms with Crippen LogP contribution in [-0.4, -0.2) is 89.1 Å². The molecule has 0 aromatic rings. The number of hydrazine groups is 1. The lowest BCUT2D eigenvalue weighted by Gasteiger charge is -2.29. The van der Waals surface area contributed by atoms with Gasteiger partial charge in [0.15, 0.2) is 0 Å². The van der Waals surface area contributed by atoms with Crippen LogP contribution in [0.2, 0.25) is 0 Å². The van der Waals surface area contributed by atoms with Gasteiger partial charge >= 0.3 is 22.5 Å². The van der Waals surface area contributed by atoms with Gasteiger partial charge in [-0.2, -0.15) is 13.5 Å². The molecule has 0 radical (unpaired) electrons. The van der Waals surface area contributed by atoms with Crippen LogP contribution >= 0.6 is 0 Å². The molecule has 0 saturated carbocycles. The molecular formula is C17H27N5O9S. The Morgan fingerprint density at radius 2 is 1.72 bits per heavy atom. The number of nitrogens with one attached hydrogen (secondary N) is 2. The van der Waals surface area contributed by atoms with Crippen molar-refractivity contribution >= 4 is 34.3 Å². The first-order chi connectivity index (χ1) is 14.7. The summed E-state index contributed by atoms with van der Waals surface area (Å²) in [5, 5.41) is 0.533. The van der Waals surface area contributed by atoms with E-state index in [0.717, 1.165) is 4.90 Å². The molecule has 3 heterocycles. The quantitative estimate of drug-likeness (QED) is 0.352. The Bertz CT molecular complexity index is 903. The fraction of sp³-hybridized carbons (Fsp3) is 0.765. The van der Waals surface area contributed by atoms with E-state index in [1.54, 1.807) is 20.8 Å². The number of hydrogen-bond acceptors (Lipinski definition) is 8. The highest BCUT2D eigenvalue weighted by atomic mass is 32.3. The lowest BCUT2D eigenvalue weighted by Crippen LogP contribution is -2.55. The van der Waals surface area contributed by atoms with Gasteiger partial charge in [0.25, 0.3) is 5.91 Å². The van der Waals surface area contributed by atoms with Crippen molar-refractivity contribution in [2.75, 3.05) is 19.6 Å². The van der Waals surface area contributed by atoms with Crippen molar-refractivity contribution < 1.29 is 41.2 Å². The number of hydroxylamine groups is 2. The van der Waals surface area contributed by atoms with Gasteiger partial charge in [-0.15, -0.1) is 4.28 Å². The Morgan fingerprint density at radius 1 is 1.06 bits per heavy atom. The Morgan fingerprint density at radius 3 is 2.34 bits per heavy atom. The summed E-state index contributed by atoms with van der Waals surface area (Å²) < 4.78 is 40.3. The molecule has 2 unspecified atom stereocenters. The normalized spacial score (nSPS) is 25.7. The molecule has 2 bridgehead atoms. The van der Waals surface area contributed by atoms with Crippen LogP contribution in [0.25, 0.3) is 0 Å². The molecule has 3 aliphatic rings. The molecule has 3 aliphatic heterocycles. The first-order valence-corrected chi connectivity index (χ1v) is 11.5. The molecule has 3 saturated heterocycles. The van der Waals surface area contributed by atoms with E-state index in [2.05, 4.69) is 15.1 Å². The fourth-order valence-corrected chi connectivity index (χ4v) is 4.27. The number of carbonyl (C=O) groups is 4. The van der Waals surface area contributed by atoms with Crippen molar-refractivity contribution in [1.29, 1.82) is 0 Å². The third kappa shape index (κ3) is 5.58. The van der Waals surface area contributed by atoms with E-state index in [1.807, 2.05) is 0 Å². The fourth-order valence-electron chi connectivity index (χ4n) is 3.88. The summed E-state index contributed by atoms with van der Waals surface area (Å²) in [5.74, 6) is -1.67. The van der Waals surface area contributed by atoms with E-state index in [9.17, 15) is 27.6 Å². The highest BCUT2D eigenvalue weighted by molar-refractivity contribution is 7.80. The number of likely N-dealkylation sites (tertiary alicyclic amines) is 1. The molecule has 3 N–H and O–H groups in total. The highest BCUT2D eigenvalue weighted by Crippen LogP contribution is 2.30. The van der Waals surface area contributed by atoms with E-state index in [0.29, 0.717) is 18.0 Å². The maximum absolute atomic E-state index is 12.5. The van der Waals surface area contributed by atoms with Crippen molar-refractivity contribution in [3.05, 3.63) is 0 Å². The minimum atomic E-state index is -4.88. The first kappa shape index (κ1) is 24.0. The molecule has 180 valence electrons. The Kier molecular flexibility index (Phi) is 6.53. The van der Waals surface area contributed by atoms with Crippen LogP contribution in [-0.2, 0) is 29.0 Å². The summed E-state index contributed by atoms with van der Waals surface area (Å²) >= 11 is 0. The van der Waals surface area contributed by atoms with Gasteiger partial charge in [-0.3, -0.25) is 25.0 Å². The second-order valence-corrected chi connectivity index (χ2v) is 9.90. The van der Waals surface area contributed by atoms with Crippen LogP contribution in [0.3, 0.4) is 0 Å². The number of hydrogen-bond donors (Lipinski definition) is 3. The molecule has 5 amide bonds. The molecule has 14 nitrogen and oxygen atoms in total. The maximum atomic E-state index is 12.5. The second-order valence-electron chi connectivity index (χ2n) is 8.90. The number of amides is 5. The van der Waals surface area contributed by atoms with E-state index >= 15 is 0 Å². The third-order valence-corrected chi connectivity index (χ3v) is 5.67. The summed E-state index contributed by atoms with van der Waals surface area (Å²) in [6.45, 7) is 5.76. The minimum Gasteiger partial charge on any atom is -0.444 e. The summed E-state index contributed by atoms with van der Waals surface area (Å²) in [5.41, 5.74) is 3.95. The smallest absolute Gasteiger partial charge is 0.418 e. The third-order valence-electron chi connectivity index (χ3n) is 5.32. The zero-order valence-electron chi connectivity index (χ0n) is 17.9. The average molecular weight is 477 g/mol. The van der Waals surface area contributed by atoms with Gasteiger partial charge < -0.3 is 14.5 Å². The topological polar surface area (TPSA) is 175 Å². The number of rotatable bonds is 4. The zero-order chi connectivity index (χ0) is 23.8. The number of nitrogens with zero attached hydrogens (tertiary/aromatic N) is 3. The molecule has 0 aromatic carbocycles.